The number of aliphatic hydroxyl groups excluding tert-OH is 1. The number of Topliss-reactive ketones (excluding diaryl/α,β-unsaturated/α-hetero) is 1. The number of carbonyl (C=O) groups is 2. The van der Waals surface area contributed by atoms with Crippen LogP contribution in [0.2, 0.25) is 0 Å². The van der Waals surface area contributed by atoms with Gasteiger partial charge >= 0.3 is 0 Å². The van der Waals surface area contributed by atoms with Crippen LogP contribution >= 0.6 is 0 Å². The van der Waals surface area contributed by atoms with Gasteiger partial charge in [0.05, 0.1) is 32.4 Å². The van der Waals surface area contributed by atoms with Crippen molar-refractivity contribution < 1.29 is 28.9 Å². The molecule has 0 saturated carbocycles. The molecule has 1 atom stereocenters. The molecular formula is C28H36N2O6. The van der Waals surface area contributed by atoms with Crippen LogP contribution in [0.1, 0.15) is 43.4 Å². The average Bonchev–Trinajstić information content (AvgIpc) is 3.13. The number of ether oxygens (including phenoxy) is 3. The average molecular weight is 497 g/mol. The molecule has 36 heavy (non-hydrogen) atoms. The lowest BCUT2D eigenvalue weighted by atomic mass is 9.95. The maximum absolute atomic E-state index is 13.3. The molecule has 1 fully saturated rings. The van der Waals surface area contributed by atoms with Crippen molar-refractivity contribution in [3.63, 3.8) is 0 Å². The van der Waals surface area contributed by atoms with Gasteiger partial charge in [0.2, 0.25) is 0 Å². The Morgan fingerprint density at radius 3 is 2.44 bits per heavy atom. The summed E-state index contributed by atoms with van der Waals surface area (Å²) >= 11 is 0. The highest BCUT2D eigenvalue weighted by atomic mass is 16.5. The van der Waals surface area contributed by atoms with Crippen LogP contribution in [-0.2, 0) is 9.59 Å². The molecule has 0 radical (unpaired) electrons. The number of amides is 1. The SMILES string of the molecule is CCCCOc1cccc(/C(O)=C2\C(=O)C(=O)N(CCCN(C)C)C2c2ccc(OC)c(OC)c2)c1. The predicted octanol–water partition coefficient (Wildman–Crippen LogP) is 4.26. The second-order valence-corrected chi connectivity index (χ2v) is 8.99. The number of carbonyl (C=O) groups excluding carboxylic acids is 2. The van der Waals surface area contributed by atoms with E-state index in [1.54, 1.807) is 49.6 Å². The highest BCUT2D eigenvalue weighted by Gasteiger charge is 2.46. The van der Waals surface area contributed by atoms with E-state index in [1.165, 1.54) is 12.0 Å². The Balaban J connectivity index is 2.09. The first-order valence-corrected chi connectivity index (χ1v) is 12.2. The highest BCUT2D eigenvalue weighted by Crippen LogP contribution is 2.42. The van der Waals surface area contributed by atoms with Crippen LogP contribution in [0.25, 0.3) is 5.76 Å². The molecule has 3 rings (SSSR count). The predicted molar refractivity (Wildman–Crippen MR) is 139 cm³/mol. The number of ketones is 1. The van der Waals surface area contributed by atoms with Crippen LogP contribution in [0.15, 0.2) is 48.0 Å². The monoisotopic (exact) mass is 496 g/mol. The molecular weight excluding hydrogens is 460 g/mol. The first-order valence-electron chi connectivity index (χ1n) is 12.2. The van der Waals surface area contributed by atoms with E-state index in [2.05, 4.69) is 6.92 Å². The number of nitrogens with zero attached hydrogens (tertiary/aromatic N) is 2. The maximum atomic E-state index is 13.3. The maximum Gasteiger partial charge on any atom is 0.295 e. The molecule has 0 spiro atoms. The number of unbranched alkanes of at least 4 members (excludes halogenated alkanes) is 1. The summed E-state index contributed by atoms with van der Waals surface area (Å²) in [6.45, 7) is 3.75. The summed E-state index contributed by atoms with van der Waals surface area (Å²) in [7, 11) is 6.98. The van der Waals surface area contributed by atoms with Crippen molar-refractivity contribution in [3.8, 4) is 17.2 Å². The molecule has 0 aliphatic carbocycles. The van der Waals surface area contributed by atoms with Gasteiger partial charge in [0.1, 0.15) is 11.5 Å². The third-order valence-electron chi connectivity index (χ3n) is 6.14. The van der Waals surface area contributed by atoms with Gasteiger partial charge < -0.3 is 29.1 Å². The first-order chi connectivity index (χ1) is 17.3. The van der Waals surface area contributed by atoms with Gasteiger partial charge in [-0.05, 0) is 63.3 Å². The van der Waals surface area contributed by atoms with Crippen LogP contribution in [0, 0.1) is 0 Å². The van der Waals surface area contributed by atoms with Gasteiger partial charge in [-0.25, -0.2) is 0 Å². The lowest BCUT2D eigenvalue weighted by Crippen LogP contribution is -2.32. The fourth-order valence-corrected chi connectivity index (χ4v) is 4.26. The van der Waals surface area contributed by atoms with Crippen LogP contribution in [0.3, 0.4) is 0 Å². The minimum atomic E-state index is -0.767. The van der Waals surface area contributed by atoms with Crippen molar-refractivity contribution in [1.29, 1.82) is 0 Å². The fraction of sp³-hybridized carbons (Fsp3) is 0.429. The van der Waals surface area contributed by atoms with E-state index in [1.807, 2.05) is 19.0 Å². The van der Waals surface area contributed by atoms with E-state index in [0.29, 0.717) is 47.9 Å². The molecule has 1 amide bonds. The van der Waals surface area contributed by atoms with Crippen LogP contribution in [0.4, 0.5) is 0 Å². The summed E-state index contributed by atoms with van der Waals surface area (Å²) in [4.78, 5) is 30.0. The third-order valence-corrected chi connectivity index (χ3v) is 6.14. The molecule has 1 aliphatic rings. The molecule has 8 nitrogen and oxygen atoms in total. The Kier molecular flexibility index (Phi) is 9.36. The number of aliphatic hydroxyl groups is 1. The molecule has 2 aromatic carbocycles. The zero-order chi connectivity index (χ0) is 26.2. The summed E-state index contributed by atoms with van der Waals surface area (Å²) in [5.74, 6) is 0.0161. The first kappa shape index (κ1) is 27.1. The minimum Gasteiger partial charge on any atom is -0.507 e. The van der Waals surface area contributed by atoms with E-state index in [0.717, 1.165) is 19.4 Å². The number of rotatable bonds is 12. The molecule has 194 valence electrons. The van der Waals surface area contributed by atoms with Crippen molar-refractivity contribution in [1.82, 2.24) is 9.80 Å². The van der Waals surface area contributed by atoms with Gasteiger partial charge in [-0.2, -0.15) is 0 Å². The van der Waals surface area contributed by atoms with Crippen molar-refractivity contribution in [3.05, 3.63) is 59.2 Å². The molecule has 0 bridgehead atoms. The Bertz CT molecular complexity index is 1110. The van der Waals surface area contributed by atoms with Crippen LogP contribution < -0.4 is 14.2 Å². The second kappa shape index (κ2) is 12.4. The molecule has 8 heteroatoms. The highest BCUT2D eigenvalue weighted by molar-refractivity contribution is 6.46. The molecule has 1 unspecified atom stereocenters. The standard InChI is InChI=1S/C28H36N2O6/c1-6-7-16-36-21-11-8-10-20(17-21)26(31)24-25(19-12-13-22(34-4)23(18-19)35-5)30(28(33)27(24)32)15-9-14-29(2)3/h8,10-13,17-18,25,31H,6-7,9,14-16H2,1-5H3/b26-24+. The molecule has 1 aliphatic heterocycles. The summed E-state index contributed by atoms with van der Waals surface area (Å²) in [5, 5.41) is 11.4. The lowest BCUT2D eigenvalue weighted by Gasteiger charge is -2.26. The number of methoxy groups -OCH3 is 2. The van der Waals surface area contributed by atoms with Gasteiger partial charge in [-0.15, -0.1) is 0 Å². The molecule has 0 aromatic heterocycles. The number of benzene rings is 2. The van der Waals surface area contributed by atoms with Crippen molar-refractivity contribution >= 4 is 17.4 Å². The molecule has 1 saturated heterocycles. The molecule has 1 N–H and O–H groups in total. The largest absolute Gasteiger partial charge is 0.507 e. The van der Waals surface area contributed by atoms with Crippen molar-refractivity contribution in [2.24, 2.45) is 0 Å². The lowest BCUT2D eigenvalue weighted by molar-refractivity contribution is -0.139. The minimum absolute atomic E-state index is 0.0442. The summed E-state index contributed by atoms with van der Waals surface area (Å²) in [5.41, 5.74) is 1.11. The van der Waals surface area contributed by atoms with E-state index in [4.69, 9.17) is 14.2 Å². The number of hydrogen-bond acceptors (Lipinski definition) is 7. The van der Waals surface area contributed by atoms with Gasteiger partial charge in [0.15, 0.2) is 11.5 Å². The zero-order valence-corrected chi connectivity index (χ0v) is 21.7. The smallest absolute Gasteiger partial charge is 0.295 e. The summed E-state index contributed by atoms with van der Waals surface area (Å²) in [6.07, 6.45) is 2.58. The Morgan fingerprint density at radius 2 is 1.78 bits per heavy atom. The van der Waals surface area contributed by atoms with Gasteiger partial charge in [0.25, 0.3) is 11.7 Å². The van der Waals surface area contributed by atoms with Crippen molar-refractivity contribution in [2.75, 3.05) is 48.0 Å². The zero-order valence-electron chi connectivity index (χ0n) is 21.7. The van der Waals surface area contributed by atoms with Gasteiger partial charge in [0, 0.05) is 12.1 Å². The van der Waals surface area contributed by atoms with Crippen molar-refractivity contribution in [2.45, 2.75) is 32.2 Å². The quantitative estimate of drug-likeness (QED) is 0.203. The van der Waals surface area contributed by atoms with E-state index in [9.17, 15) is 14.7 Å². The number of hydrogen-bond donors (Lipinski definition) is 1. The van der Waals surface area contributed by atoms with Gasteiger partial charge in [-0.3, -0.25) is 9.59 Å². The Labute approximate surface area is 213 Å². The summed E-state index contributed by atoms with van der Waals surface area (Å²) < 4.78 is 16.6. The van der Waals surface area contributed by atoms with E-state index in [-0.39, 0.29) is 11.3 Å². The van der Waals surface area contributed by atoms with E-state index < -0.39 is 17.7 Å². The topological polar surface area (TPSA) is 88.5 Å². The normalized spacial score (nSPS) is 17.1. The fourth-order valence-electron chi connectivity index (χ4n) is 4.26. The molecule has 1 heterocycles. The number of likely N-dealkylation sites (tertiary alicyclic amines) is 1. The summed E-state index contributed by atoms with van der Waals surface area (Å²) in [6, 6.07) is 11.4. The third kappa shape index (κ3) is 5.99. The van der Waals surface area contributed by atoms with E-state index >= 15 is 0 Å². The molecule has 2 aromatic rings. The van der Waals surface area contributed by atoms with Gasteiger partial charge in [-0.1, -0.05) is 31.5 Å². The Hall–Kier alpha value is -3.52. The van der Waals surface area contributed by atoms with Crippen LogP contribution in [-0.4, -0.2) is 74.6 Å². The van der Waals surface area contributed by atoms with Crippen LogP contribution in [0.5, 0.6) is 17.2 Å². The Morgan fingerprint density at radius 1 is 1.03 bits per heavy atom. The second-order valence-electron chi connectivity index (χ2n) is 8.99.